The molecule has 1 fully saturated rings. The number of nitrogens with zero attached hydrogens (tertiary/aromatic N) is 5. The maximum atomic E-state index is 12.8. The van der Waals surface area contributed by atoms with Crippen LogP contribution in [0.5, 0.6) is 0 Å². The van der Waals surface area contributed by atoms with Gasteiger partial charge in [-0.05, 0) is 19.8 Å². The number of carbonyl (C=O) groups is 1. The lowest BCUT2D eigenvalue weighted by Gasteiger charge is -2.31. The average molecular weight is 340 g/mol. The largest absolute Gasteiger partial charge is 0.355 e. The maximum absolute atomic E-state index is 12.8. The second-order valence-corrected chi connectivity index (χ2v) is 6.41. The molecular weight excluding hydrogens is 320 g/mol. The van der Waals surface area contributed by atoms with Crippen LogP contribution in [-0.2, 0) is 7.05 Å². The van der Waals surface area contributed by atoms with Crippen LogP contribution in [0.25, 0.3) is 11.3 Å². The zero-order valence-corrected chi connectivity index (χ0v) is 14.3. The third-order valence-corrected chi connectivity index (χ3v) is 4.84. The van der Waals surface area contributed by atoms with Gasteiger partial charge in [0.2, 0.25) is 0 Å². The van der Waals surface area contributed by atoms with Crippen LogP contribution in [-0.4, -0.2) is 48.8 Å². The number of H-pyrrole nitrogens is 1. The van der Waals surface area contributed by atoms with Crippen LogP contribution < -0.4 is 0 Å². The number of imidazole rings is 1. The van der Waals surface area contributed by atoms with E-state index < -0.39 is 0 Å². The first-order valence-electron chi connectivity index (χ1n) is 8.37. The number of hydrogen-bond acceptors (Lipinski definition) is 5. The summed E-state index contributed by atoms with van der Waals surface area (Å²) in [6.45, 7) is 3.32. The standard InChI is InChI=1S/C17H20N6O2/c1-11-13(9-20-22(11)2)15-8-14(21-25-15)17(24)23-7-3-4-12(10-23)16-18-5-6-19-16/h5-6,8-9,12H,3-4,7,10H2,1-2H3,(H,18,19)/t12-/m0/s1. The highest BCUT2D eigenvalue weighted by Crippen LogP contribution is 2.27. The summed E-state index contributed by atoms with van der Waals surface area (Å²) in [4.78, 5) is 22.1. The molecule has 4 heterocycles. The Morgan fingerprint density at radius 2 is 2.32 bits per heavy atom. The highest BCUT2D eigenvalue weighted by Gasteiger charge is 2.28. The van der Waals surface area contributed by atoms with E-state index >= 15 is 0 Å². The predicted octanol–water partition coefficient (Wildman–Crippen LogP) is 2.13. The first kappa shape index (κ1) is 15.6. The Kier molecular flexibility index (Phi) is 3.87. The second-order valence-electron chi connectivity index (χ2n) is 6.41. The van der Waals surface area contributed by atoms with E-state index in [1.807, 2.05) is 25.1 Å². The minimum absolute atomic E-state index is 0.104. The van der Waals surface area contributed by atoms with Crippen LogP contribution in [0.1, 0.15) is 40.8 Å². The normalized spacial score (nSPS) is 17.8. The predicted molar refractivity (Wildman–Crippen MR) is 89.9 cm³/mol. The fourth-order valence-corrected chi connectivity index (χ4v) is 3.29. The van der Waals surface area contributed by atoms with Gasteiger partial charge in [-0.25, -0.2) is 4.98 Å². The molecule has 1 N–H and O–H groups in total. The lowest BCUT2D eigenvalue weighted by atomic mass is 9.97. The molecule has 1 aliphatic rings. The van der Waals surface area contributed by atoms with E-state index in [9.17, 15) is 4.79 Å². The van der Waals surface area contributed by atoms with Gasteiger partial charge >= 0.3 is 0 Å². The van der Waals surface area contributed by atoms with Crippen molar-refractivity contribution in [1.29, 1.82) is 0 Å². The van der Waals surface area contributed by atoms with Gasteiger partial charge in [0, 0.05) is 50.2 Å². The zero-order valence-electron chi connectivity index (χ0n) is 14.3. The lowest BCUT2D eigenvalue weighted by Crippen LogP contribution is -2.39. The van der Waals surface area contributed by atoms with Crippen LogP contribution >= 0.6 is 0 Å². The van der Waals surface area contributed by atoms with Crippen molar-refractivity contribution in [3.05, 3.63) is 41.9 Å². The Morgan fingerprint density at radius 3 is 3.04 bits per heavy atom. The van der Waals surface area contributed by atoms with Crippen LogP contribution in [0.2, 0.25) is 0 Å². The Balaban J connectivity index is 1.52. The van der Waals surface area contributed by atoms with Gasteiger partial charge in [0.25, 0.3) is 5.91 Å². The van der Waals surface area contributed by atoms with E-state index in [0.29, 0.717) is 18.0 Å². The van der Waals surface area contributed by atoms with Crippen molar-refractivity contribution < 1.29 is 9.32 Å². The van der Waals surface area contributed by atoms with E-state index in [0.717, 1.165) is 36.5 Å². The molecule has 3 aromatic rings. The number of piperidine rings is 1. The average Bonchev–Trinajstić information content (AvgIpc) is 3.37. The molecule has 0 aromatic carbocycles. The molecule has 25 heavy (non-hydrogen) atoms. The molecule has 0 spiro atoms. The van der Waals surface area contributed by atoms with Crippen molar-refractivity contribution in [1.82, 2.24) is 29.8 Å². The van der Waals surface area contributed by atoms with E-state index in [1.54, 1.807) is 23.1 Å². The Labute approximate surface area is 144 Å². The number of nitrogens with one attached hydrogen (secondary N) is 1. The smallest absolute Gasteiger partial charge is 0.276 e. The minimum atomic E-state index is -0.104. The van der Waals surface area contributed by atoms with E-state index in [-0.39, 0.29) is 11.8 Å². The molecule has 4 rings (SSSR count). The topological polar surface area (TPSA) is 92.8 Å². The Bertz CT molecular complexity index is 879. The zero-order chi connectivity index (χ0) is 17.4. The molecule has 0 aliphatic carbocycles. The van der Waals surface area contributed by atoms with Gasteiger partial charge < -0.3 is 14.4 Å². The van der Waals surface area contributed by atoms with Crippen LogP contribution in [0.15, 0.2) is 29.2 Å². The van der Waals surface area contributed by atoms with Gasteiger partial charge in [0.15, 0.2) is 11.5 Å². The fourth-order valence-electron chi connectivity index (χ4n) is 3.29. The third kappa shape index (κ3) is 2.84. The SMILES string of the molecule is Cc1c(-c2cc(C(=O)N3CCC[C@H](c4ncc[nH]4)C3)no2)cnn1C. The molecule has 1 amide bonds. The van der Waals surface area contributed by atoms with Crippen molar-refractivity contribution in [3.63, 3.8) is 0 Å². The van der Waals surface area contributed by atoms with Crippen LogP contribution in [0, 0.1) is 6.92 Å². The summed E-state index contributed by atoms with van der Waals surface area (Å²) in [5, 5.41) is 8.18. The second kappa shape index (κ2) is 6.19. The number of likely N-dealkylation sites (tertiary alicyclic amines) is 1. The fraction of sp³-hybridized carbons (Fsp3) is 0.412. The molecule has 8 heteroatoms. The quantitative estimate of drug-likeness (QED) is 0.788. The van der Waals surface area contributed by atoms with E-state index in [4.69, 9.17) is 4.52 Å². The van der Waals surface area contributed by atoms with Gasteiger partial charge in [-0.15, -0.1) is 0 Å². The molecule has 130 valence electrons. The number of carbonyl (C=O) groups excluding carboxylic acids is 1. The number of aryl methyl sites for hydroxylation is 1. The van der Waals surface area contributed by atoms with Crippen LogP contribution in [0.3, 0.4) is 0 Å². The molecule has 0 radical (unpaired) electrons. The number of aromatic nitrogens is 5. The first-order valence-corrected chi connectivity index (χ1v) is 8.37. The molecule has 1 aliphatic heterocycles. The molecule has 1 saturated heterocycles. The number of rotatable bonds is 3. The number of aromatic amines is 1. The maximum Gasteiger partial charge on any atom is 0.276 e. The number of hydrogen-bond donors (Lipinski definition) is 1. The molecular formula is C17H20N6O2. The molecule has 0 bridgehead atoms. The molecule has 1 atom stereocenters. The Morgan fingerprint density at radius 1 is 1.44 bits per heavy atom. The van der Waals surface area contributed by atoms with Crippen molar-refractivity contribution in [2.45, 2.75) is 25.7 Å². The van der Waals surface area contributed by atoms with Crippen molar-refractivity contribution >= 4 is 5.91 Å². The molecule has 8 nitrogen and oxygen atoms in total. The highest BCUT2D eigenvalue weighted by atomic mass is 16.5. The number of amides is 1. The van der Waals surface area contributed by atoms with Crippen molar-refractivity contribution in [3.8, 4) is 11.3 Å². The monoisotopic (exact) mass is 340 g/mol. The van der Waals surface area contributed by atoms with Gasteiger partial charge in [0.1, 0.15) is 5.82 Å². The summed E-state index contributed by atoms with van der Waals surface area (Å²) in [6.07, 6.45) is 7.25. The summed E-state index contributed by atoms with van der Waals surface area (Å²) in [7, 11) is 1.86. The highest BCUT2D eigenvalue weighted by molar-refractivity contribution is 5.93. The molecule has 3 aromatic heterocycles. The van der Waals surface area contributed by atoms with Crippen molar-refractivity contribution in [2.75, 3.05) is 13.1 Å². The summed E-state index contributed by atoms with van der Waals surface area (Å²) >= 11 is 0. The minimum Gasteiger partial charge on any atom is -0.355 e. The van der Waals surface area contributed by atoms with Gasteiger partial charge in [-0.1, -0.05) is 5.16 Å². The first-order chi connectivity index (χ1) is 12.1. The summed E-state index contributed by atoms with van der Waals surface area (Å²) in [6, 6.07) is 1.70. The molecule has 0 saturated carbocycles. The van der Waals surface area contributed by atoms with Gasteiger partial charge in [-0.2, -0.15) is 5.10 Å². The van der Waals surface area contributed by atoms with E-state index in [2.05, 4.69) is 20.2 Å². The van der Waals surface area contributed by atoms with Crippen molar-refractivity contribution in [2.24, 2.45) is 7.05 Å². The summed E-state index contributed by atoms with van der Waals surface area (Å²) < 4.78 is 7.15. The van der Waals surface area contributed by atoms with Gasteiger partial charge in [-0.3, -0.25) is 9.48 Å². The van der Waals surface area contributed by atoms with E-state index in [1.165, 1.54) is 0 Å². The van der Waals surface area contributed by atoms with Gasteiger partial charge in [0.05, 0.1) is 11.8 Å². The lowest BCUT2D eigenvalue weighted by molar-refractivity contribution is 0.0694. The summed E-state index contributed by atoms with van der Waals surface area (Å²) in [5.41, 5.74) is 2.14. The third-order valence-electron chi connectivity index (χ3n) is 4.84. The Hall–Kier alpha value is -2.90. The molecule has 0 unspecified atom stereocenters. The summed E-state index contributed by atoms with van der Waals surface area (Å²) in [5.74, 6) is 1.63. The van der Waals surface area contributed by atoms with Crippen LogP contribution in [0.4, 0.5) is 0 Å².